The Hall–Kier alpha value is -1.43. The minimum absolute atomic E-state index is 0.317. The molecule has 0 aromatic carbocycles. The first kappa shape index (κ1) is 11.6. The molecule has 6 nitrogen and oxygen atoms in total. The molecule has 2 fully saturated rings. The van der Waals surface area contributed by atoms with Crippen LogP contribution in [0.2, 0.25) is 0 Å². The Kier molecular flexibility index (Phi) is 3.27. The Morgan fingerprint density at radius 1 is 1.50 bits per heavy atom. The zero-order valence-electron chi connectivity index (χ0n) is 10.4. The SMILES string of the molecule is O=C1CC(NCCc2ncn[nH]2)C2CCCCN12. The van der Waals surface area contributed by atoms with E-state index in [4.69, 9.17) is 0 Å². The highest BCUT2D eigenvalue weighted by molar-refractivity contribution is 5.80. The van der Waals surface area contributed by atoms with Crippen molar-refractivity contribution in [3.8, 4) is 0 Å². The Morgan fingerprint density at radius 2 is 2.44 bits per heavy atom. The summed E-state index contributed by atoms with van der Waals surface area (Å²) in [6, 6.07) is 0.738. The molecule has 2 N–H and O–H groups in total. The number of carbonyl (C=O) groups is 1. The summed E-state index contributed by atoms with van der Waals surface area (Å²) in [6.45, 7) is 1.79. The van der Waals surface area contributed by atoms with Gasteiger partial charge in [-0.25, -0.2) is 4.98 Å². The summed E-state index contributed by atoms with van der Waals surface area (Å²) in [6.07, 6.45) is 6.56. The highest BCUT2D eigenvalue weighted by atomic mass is 16.2. The molecule has 0 aliphatic carbocycles. The zero-order chi connectivity index (χ0) is 12.4. The predicted octanol–water partition coefficient (Wildman–Crippen LogP) is 0.0902. The van der Waals surface area contributed by atoms with Crippen LogP contribution in [0.3, 0.4) is 0 Å². The summed E-state index contributed by atoms with van der Waals surface area (Å²) >= 11 is 0. The first-order chi connectivity index (χ1) is 8.84. The van der Waals surface area contributed by atoms with E-state index in [1.807, 2.05) is 0 Å². The van der Waals surface area contributed by atoms with Crippen molar-refractivity contribution in [2.24, 2.45) is 0 Å². The van der Waals surface area contributed by atoms with Crippen molar-refractivity contribution in [2.45, 2.75) is 44.2 Å². The summed E-state index contributed by atoms with van der Waals surface area (Å²) in [5.41, 5.74) is 0. The number of nitrogens with zero attached hydrogens (tertiary/aromatic N) is 3. The van der Waals surface area contributed by atoms with Gasteiger partial charge in [-0.3, -0.25) is 9.89 Å². The zero-order valence-corrected chi connectivity index (χ0v) is 10.4. The van der Waals surface area contributed by atoms with Crippen LogP contribution in [0.1, 0.15) is 31.5 Å². The average Bonchev–Trinajstić information content (AvgIpc) is 3.00. The number of rotatable bonds is 4. The lowest BCUT2D eigenvalue weighted by Crippen LogP contribution is -2.46. The van der Waals surface area contributed by atoms with Crippen LogP contribution in [-0.2, 0) is 11.2 Å². The number of nitrogens with one attached hydrogen (secondary N) is 2. The van der Waals surface area contributed by atoms with E-state index in [-0.39, 0.29) is 0 Å². The molecule has 2 aliphatic heterocycles. The molecule has 18 heavy (non-hydrogen) atoms. The van der Waals surface area contributed by atoms with Crippen LogP contribution in [0.25, 0.3) is 0 Å². The Morgan fingerprint density at radius 3 is 3.28 bits per heavy atom. The van der Waals surface area contributed by atoms with E-state index in [2.05, 4.69) is 25.4 Å². The van der Waals surface area contributed by atoms with Gasteiger partial charge in [-0.05, 0) is 19.3 Å². The molecular formula is C12H19N5O. The van der Waals surface area contributed by atoms with E-state index in [9.17, 15) is 4.79 Å². The number of H-pyrrole nitrogens is 1. The van der Waals surface area contributed by atoms with Crippen molar-refractivity contribution in [3.63, 3.8) is 0 Å². The molecule has 98 valence electrons. The van der Waals surface area contributed by atoms with E-state index in [1.165, 1.54) is 12.7 Å². The third kappa shape index (κ3) is 2.25. The van der Waals surface area contributed by atoms with Crippen LogP contribution in [0, 0.1) is 0 Å². The largest absolute Gasteiger partial charge is 0.338 e. The predicted molar refractivity (Wildman–Crippen MR) is 65.8 cm³/mol. The minimum Gasteiger partial charge on any atom is -0.338 e. The molecule has 6 heteroatoms. The molecule has 1 aromatic rings. The summed E-state index contributed by atoms with van der Waals surface area (Å²) in [5, 5.41) is 10.2. The van der Waals surface area contributed by atoms with E-state index in [0.29, 0.717) is 24.4 Å². The first-order valence-electron chi connectivity index (χ1n) is 6.71. The van der Waals surface area contributed by atoms with Gasteiger partial charge in [-0.15, -0.1) is 0 Å². The van der Waals surface area contributed by atoms with Gasteiger partial charge in [-0.1, -0.05) is 0 Å². The molecule has 3 heterocycles. The van der Waals surface area contributed by atoms with Crippen molar-refractivity contribution in [1.82, 2.24) is 25.4 Å². The van der Waals surface area contributed by atoms with E-state index in [0.717, 1.165) is 38.2 Å². The van der Waals surface area contributed by atoms with E-state index >= 15 is 0 Å². The molecule has 2 atom stereocenters. The number of aromatic nitrogens is 3. The van der Waals surface area contributed by atoms with Gasteiger partial charge in [-0.2, -0.15) is 5.10 Å². The quantitative estimate of drug-likeness (QED) is 0.793. The lowest BCUT2D eigenvalue weighted by molar-refractivity contribution is -0.129. The van der Waals surface area contributed by atoms with Crippen LogP contribution in [0.15, 0.2) is 6.33 Å². The first-order valence-corrected chi connectivity index (χ1v) is 6.71. The third-order valence-electron chi connectivity index (χ3n) is 3.96. The van der Waals surface area contributed by atoms with Crippen LogP contribution in [-0.4, -0.2) is 51.2 Å². The van der Waals surface area contributed by atoms with Crippen molar-refractivity contribution in [2.75, 3.05) is 13.1 Å². The van der Waals surface area contributed by atoms with E-state index < -0.39 is 0 Å². The van der Waals surface area contributed by atoms with Gasteiger partial charge in [0.1, 0.15) is 12.2 Å². The van der Waals surface area contributed by atoms with E-state index in [1.54, 1.807) is 0 Å². The summed E-state index contributed by atoms with van der Waals surface area (Å²) < 4.78 is 0. The highest BCUT2D eigenvalue weighted by Crippen LogP contribution is 2.28. The van der Waals surface area contributed by atoms with Crippen molar-refractivity contribution in [1.29, 1.82) is 0 Å². The Bertz CT molecular complexity index is 405. The molecule has 2 unspecified atom stereocenters. The van der Waals surface area contributed by atoms with Gasteiger partial charge in [0.05, 0.1) is 0 Å². The second kappa shape index (κ2) is 5.06. The van der Waals surface area contributed by atoms with Gasteiger partial charge in [0.2, 0.25) is 5.91 Å². The molecule has 0 saturated carbocycles. The van der Waals surface area contributed by atoms with Gasteiger partial charge in [0.15, 0.2) is 0 Å². The maximum atomic E-state index is 11.9. The Labute approximate surface area is 106 Å². The second-order valence-electron chi connectivity index (χ2n) is 5.10. The summed E-state index contributed by atoms with van der Waals surface area (Å²) in [5.74, 6) is 1.21. The van der Waals surface area contributed by atoms with Gasteiger partial charge in [0, 0.05) is 38.0 Å². The second-order valence-corrected chi connectivity index (χ2v) is 5.10. The van der Waals surface area contributed by atoms with Crippen molar-refractivity contribution in [3.05, 3.63) is 12.2 Å². The van der Waals surface area contributed by atoms with Crippen molar-refractivity contribution < 1.29 is 4.79 Å². The standard InChI is InChI=1S/C12H19N5O/c18-12-7-9(10-3-1-2-6-17(10)12)13-5-4-11-14-8-15-16-11/h8-10,13H,1-7H2,(H,14,15,16). The number of aromatic amines is 1. The van der Waals surface area contributed by atoms with Gasteiger partial charge in [0.25, 0.3) is 0 Å². The monoisotopic (exact) mass is 249 g/mol. The molecule has 0 bridgehead atoms. The smallest absolute Gasteiger partial charge is 0.224 e. The Balaban J connectivity index is 1.52. The molecular weight excluding hydrogens is 230 g/mol. The fraction of sp³-hybridized carbons (Fsp3) is 0.750. The lowest BCUT2D eigenvalue weighted by Gasteiger charge is -2.32. The fourth-order valence-electron chi connectivity index (χ4n) is 3.06. The average molecular weight is 249 g/mol. The molecule has 1 aromatic heterocycles. The number of hydrogen-bond acceptors (Lipinski definition) is 4. The van der Waals surface area contributed by atoms with Gasteiger partial charge < -0.3 is 10.2 Å². The molecule has 2 aliphatic rings. The maximum Gasteiger partial charge on any atom is 0.224 e. The third-order valence-corrected chi connectivity index (χ3v) is 3.96. The van der Waals surface area contributed by atoms with Crippen LogP contribution in [0.5, 0.6) is 0 Å². The molecule has 1 amide bonds. The maximum absolute atomic E-state index is 11.9. The van der Waals surface area contributed by atoms with Crippen LogP contribution in [0.4, 0.5) is 0 Å². The van der Waals surface area contributed by atoms with Crippen LogP contribution < -0.4 is 5.32 Å². The summed E-state index contributed by atoms with van der Waals surface area (Å²) in [4.78, 5) is 18.0. The minimum atomic E-state index is 0.317. The number of amides is 1. The molecule has 3 rings (SSSR count). The lowest BCUT2D eigenvalue weighted by atomic mass is 9.99. The van der Waals surface area contributed by atoms with Gasteiger partial charge >= 0.3 is 0 Å². The highest BCUT2D eigenvalue weighted by Gasteiger charge is 2.40. The van der Waals surface area contributed by atoms with Crippen LogP contribution >= 0.6 is 0 Å². The summed E-state index contributed by atoms with van der Waals surface area (Å²) in [7, 11) is 0. The fourth-order valence-corrected chi connectivity index (χ4v) is 3.06. The number of carbonyl (C=O) groups excluding carboxylic acids is 1. The topological polar surface area (TPSA) is 73.9 Å². The number of fused-ring (bicyclic) bond motifs is 1. The molecule has 0 radical (unpaired) electrons. The normalized spacial score (nSPS) is 27.6. The molecule has 2 saturated heterocycles. The van der Waals surface area contributed by atoms with Crippen molar-refractivity contribution >= 4 is 5.91 Å². The number of hydrogen-bond donors (Lipinski definition) is 2. The number of piperidine rings is 1. The molecule has 0 spiro atoms.